The monoisotopic (exact) mass is 197 g/mol. The first-order valence-electron chi connectivity index (χ1n) is 4.60. The van der Waals surface area contributed by atoms with Crippen molar-refractivity contribution in [1.82, 2.24) is 15.5 Å². The fraction of sp³-hybridized carbons (Fsp3) is 0.556. The first-order valence-corrected chi connectivity index (χ1v) is 4.60. The Morgan fingerprint density at radius 1 is 1.71 bits per heavy atom. The third-order valence-corrected chi connectivity index (χ3v) is 1.96. The van der Waals surface area contributed by atoms with Crippen LogP contribution in [-0.4, -0.2) is 49.4 Å². The predicted molar refractivity (Wildman–Crippen MR) is 52.7 cm³/mol. The van der Waals surface area contributed by atoms with Crippen LogP contribution < -0.4 is 10.6 Å². The van der Waals surface area contributed by atoms with Gasteiger partial charge in [-0.05, 0) is 0 Å². The van der Waals surface area contributed by atoms with E-state index in [1.165, 1.54) is 0 Å². The van der Waals surface area contributed by atoms with Crippen molar-refractivity contribution in [1.29, 1.82) is 0 Å². The van der Waals surface area contributed by atoms with Gasteiger partial charge in [0.1, 0.15) is 0 Å². The Morgan fingerprint density at radius 3 is 3.14 bits per heavy atom. The molecule has 1 aliphatic rings. The highest BCUT2D eigenvalue weighted by molar-refractivity contribution is 5.86. The van der Waals surface area contributed by atoms with Crippen molar-refractivity contribution in [2.24, 2.45) is 0 Å². The van der Waals surface area contributed by atoms with Crippen LogP contribution >= 0.6 is 0 Å². The van der Waals surface area contributed by atoms with E-state index >= 15 is 0 Å². The quantitative estimate of drug-likeness (QED) is 0.436. The van der Waals surface area contributed by atoms with Gasteiger partial charge in [-0.2, -0.15) is 0 Å². The van der Waals surface area contributed by atoms with Crippen LogP contribution in [0.1, 0.15) is 0 Å². The van der Waals surface area contributed by atoms with Crippen LogP contribution in [0.15, 0.2) is 12.7 Å². The van der Waals surface area contributed by atoms with Crippen LogP contribution in [0, 0.1) is 0 Å². The van der Waals surface area contributed by atoms with Gasteiger partial charge in [-0.15, -0.1) is 6.58 Å². The van der Waals surface area contributed by atoms with Crippen molar-refractivity contribution in [3.05, 3.63) is 12.7 Å². The largest absolute Gasteiger partial charge is 0.353 e. The van der Waals surface area contributed by atoms with Gasteiger partial charge in [0.05, 0.1) is 13.1 Å². The van der Waals surface area contributed by atoms with Gasteiger partial charge in [0.25, 0.3) is 0 Å². The van der Waals surface area contributed by atoms with Gasteiger partial charge in [-0.3, -0.25) is 9.59 Å². The topological polar surface area (TPSA) is 61.4 Å². The Hall–Kier alpha value is -1.36. The number of piperazine rings is 1. The Bertz CT molecular complexity index is 240. The molecule has 2 N–H and O–H groups in total. The number of nitrogens with zero attached hydrogens (tertiary/aromatic N) is 1. The van der Waals surface area contributed by atoms with Crippen molar-refractivity contribution >= 4 is 11.8 Å². The zero-order valence-electron chi connectivity index (χ0n) is 8.08. The molecule has 0 spiro atoms. The molecule has 5 nitrogen and oxygen atoms in total. The minimum atomic E-state index is -0.0895. The summed E-state index contributed by atoms with van der Waals surface area (Å²) >= 11 is 0. The normalized spacial score (nSPS) is 16.3. The molecular weight excluding hydrogens is 182 g/mol. The van der Waals surface area contributed by atoms with Crippen LogP contribution in [-0.2, 0) is 9.59 Å². The van der Waals surface area contributed by atoms with Crippen LogP contribution in [0.5, 0.6) is 0 Å². The molecular formula is C9H15N3O2. The standard InChI is InChI=1S/C9H15N3O2/c1-2-3-10-6-9(14)12-5-4-11-8(13)7-12/h2,10H,1,3-7H2,(H,11,13). The molecule has 0 aliphatic carbocycles. The van der Waals surface area contributed by atoms with Crippen LogP contribution in [0.2, 0.25) is 0 Å². The molecule has 1 aliphatic heterocycles. The van der Waals surface area contributed by atoms with Gasteiger partial charge in [0.15, 0.2) is 0 Å². The highest BCUT2D eigenvalue weighted by atomic mass is 16.2. The van der Waals surface area contributed by atoms with Gasteiger partial charge in [-0.1, -0.05) is 6.08 Å². The number of carbonyl (C=O) groups is 2. The second-order valence-corrected chi connectivity index (χ2v) is 3.08. The Labute approximate surface area is 83.1 Å². The molecule has 5 heteroatoms. The van der Waals surface area contributed by atoms with E-state index in [0.717, 1.165) is 0 Å². The lowest BCUT2D eigenvalue weighted by Gasteiger charge is -2.26. The summed E-state index contributed by atoms with van der Waals surface area (Å²) in [5.41, 5.74) is 0. The smallest absolute Gasteiger partial charge is 0.239 e. The summed E-state index contributed by atoms with van der Waals surface area (Å²) in [5.74, 6) is -0.130. The molecule has 0 saturated carbocycles. The van der Waals surface area contributed by atoms with Crippen LogP contribution in [0.3, 0.4) is 0 Å². The maximum Gasteiger partial charge on any atom is 0.239 e. The number of nitrogens with one attached hydrogen (secondary N) is 2. The molecule has 0 radical (unpaired) electrons. The minimum Gasteiger partial charge on any atom is -0.353 e. The van der Waals surface area contributed by atoms with Crippen molar-refractivity contribution in [3.8, 4) is 0 Å². The third-order valence-electron chi connectivity index (χ3n) is 1.96. The van der Waals surface area contributed by atoms with E-state index in [4.69, 9.17) is 0 Å². The van der Waals surface area contributed by atoms with Crippen molar-refractivity contribution in [2.45, 2.75) is 0 Å². The minimum absolute atomic E-state index is 0.0401. The summed E-state index contributed by atoms with van der Waals surface area (Å²) in [6.45, 7) is 5.72. The first kappa shape index (κ1) is 10.7. The molecule has 2 amide bonds. The SMILES string of the molecule is C=CCNCC(=O)N1CCNC(=O)C1. The van der Waals surface area contributed by atoms with Crippen molar-refractivity contribution in [3.63, 3.8) is 0 Å². The van der Waals surface area contributed by atoms with Gasteiger partial charge in [-0.25, -0.2) is 0 Å². The van der Waals surface area contributed by atoms with Crippen LogP contribution in [0.4, 0.5) is 0 Å². The maximum atomic E-state index is 11.5. The summed E-state index contributed by atoms with van der Waals surface area (Å²) in [4.78, 5) is 24.0. The molecule has 0 bridgehead atoms. The second kappa shape index (κ2) is 5.39. The van der Waals surface area contributed by atoms with E-state index in [2.05, 4.69) is 17.2 Å². The molecule has 0 atom stereocenters. The Kier molecular flexibility index (Phi) is 4.12. The number of hydrogen-bond donors (Lipinski definition) is 2. The van der Waals surface area contributed by atoms with Gasteiger partial charge in [0.2, 0.25) is 11.8 Å². The lowest BCUT2D eigenvalue weighted by molar-refractivity contribution is -0.137. The molecule has 0 unspecified atom stereocenters. The Balaban J connectivity index is 2.28. The highest BCUT2D eigenvalue weighted by Gasteiger charge is 2.19. The van der Waals surface area contributed by atoms with E-state index in [9.17, 15) is 9.59 Å². The summed E-state index contributed by atoms with van der Waals surface area (Å²) in [5, 5.41) is 5.57. The number of hydrogen-bond acceptors (Lipinski definition) is 3. The number of amides is 2. The lowest BCUT2D eigenvalue weighted by Crippen LogP contribution is -2.51. The van der Waals surface area contributed by atoms with E-state index in [1.807, 2.05) is 0 Å². The van der Waals surface area contributed by atoms with Gasteiger partial charge < -0.3 is 15.5 Å². The Morgan fingerprint density at radius 2 is 2.50 bits per heavy atom. The fourth-order valence-corrected chi connectivity index (χ4v) is 1.24. The molecule has 0 aromatic rings. The predicted octanol–water partition coefficient (Wildman–Crippen LogP) is -1.28. The molecule has 1 heterocycles. The molecule has 1 rings (SSSR count). The lowest BCUT2D eigenvalue weighted by atomic mass is 10.3. The summed E-state index contributed by atoms with van der Waals surface area (Å²) < 4.78 is 0. The summed E-state index contributed by atoms with van der Waals surface area (Å²) in [6.07, 6.45) is 1.69. The molecule has 0 aromatic carbocycles. The zero-order valence-corrected chi connectivity index (χ0v) is 8.08. The summed E-state index contributed by atoms with van der Waals surface area (Å²) in [6, 6.07) is 0. The van der Waals surface area contributed by atoms with Crippen molar-refractivity contribution in [2.75, 3.05) is 32.7 Å². The average molecular weight is 197 g/mol. The number of carbonyl (C=O) groups excluding carboxylic acids is 2. The highest BCUT2D eigenvalue weighted by Crippen LogP contribution is 1.93. The van der Waals surface area contributed by atoms with Crippen molar-refractivity contribution < 1.29 is 9.59 Å². The van der Waals surface area contributed by atoms with E-state index in [0.29, 0.717) is 19.6 Å². The third kappa shape index (κ3) is 3.18. The fourth-order valence-electron chi connectivity index (χ4n) is 1.24. The van der Waals surface area contributed by atoms with Gasteiger partial charge >= 0.3 is 0 Å². The van der Waals surface area contributed by atoms with E-state index in [-0.39, 0.29) is 24.9 Å². The molecule has 1 saturated heterocycles. The summed E-state index contributed by atoms with van der Waals surface area (Å²) in [7, 11) is 0. The maximum absolute atomic E-state index is 11.5. The van der Waals surface area contributed by atoms with E-state index in [1.54, 1.807) is 11.0 Å². The van der Waals surface area contributed by atoms with Gasteiger partial charge in [0, 0.05) is 19.6 Å². The zero-order chi connectivity index (χ0) is 10.4. The first-order chi connectivity index (χ1) is 6.74. The number of rotatable bonds is 4. The molecule has 1 fully saturated rings. The van der Waals surface area contributed by atoms with Crippen LogP contribution in [0.25, 0.3) is 0 Å². The average Bonchev–Trinajstić information content (AvgIpc) is 2.18. The molecule has 78 valence electrons. The molecule has 0 aromatic heterocycles. The molecule has 14 heavy (non-hydrogen) atoms. The van der Waals surface area contributed by atoms with E-state index < -0.39 is 0 Å². The second-order valence-electron chi connectivity index (χ2n) is 3.08.